The molecule has 1 aromatic heterocycles. The first-order valence-corrected chi connectivity index (χ1v) is 5.69. The van der Waals surface area contributed by atoms with Crippen LogP contribution in [0.25, 0.3) is 11.1 Å². The molecule has 0 saturated heterocycles. The lowest BCUT2D eigenvalue weighted by molar-refractivity contribution is 0.488. The van der Waals surface area contributed by atoms with Crippen molar-refractivity contribution in [1.29, 1.82) is 0 Å². The molecule has 74 valence electrons. The molecule has 2 nitrogen and oxygen atoms in total. The zero-order valence-electron chi connectivity index (χ0n) is 8.36. The third kappa shape index (κ3) is 1.93. The van der Waals surface area contributed by atoms with Crippen molar-refractivity contribution in [3.63, 3.8) is 0 Å². The molecule has 0 amide bonds. The summed E-state index contributed by atoms with van der Waals surface area (Å²) in [5, 5.41) is 1.34. The third-order valence-electron chi connectivity index (χ3n) is 2.15. The van der Waals surface area contributed by atoms with Crippen molar-refractivity contribution in [1.82, 2.24) is 4.98 Å². The number of hydrogen-bond donors (Lipinski definition) is 0. The Morgan fingerprint density at radius 3 is 2.93 bits per heavy atom. The van der Waals surface area contributed by atoms with Crippen molar-refractivity contribution in [2.45, 2.75) is 30.7 Å². The predicted octanol–water partition coefficient (Wildman–Crippen LogP) is 3.72. The monoisotopic (exact) mass is 207 g/mol. The summed E-state index contributed by atoms with van der Waals surface area (Å²) in [4.78, 5) is 4.40. The minimum atomic E-state index is 0.558. The van der Waals surface area contributed by atoms with Crippen molar-refractivity contribution in [3.05, 3.63) is 24.3 Å². The molecule has 2 rings (SSSR count). The van der Waals surface area contributed by atoms with Gasteiger partial charge in [-0.15, -0.1) is 0 Å². The summed E-state index contributed by atoms with van der Waals surface area (Å²) in [6, 6.07) is 7.86. The van der Waals surface area contributed by atoms with Crippen molar-refractivity contribution >= 4 is 22.9 Å². The molecule has 0 N–H and O–H groups in total. The molecule has 0 aliphatic rings. The van der Waals surface area contributed by atoms with Crippen LogP contribution in [0.3, 0.4) is 0 Å². The molecule has 2 aromatic rings. The molecule has 0 aliphatic carbocycles. The topological polar surface area (TPSA) is 26.0 Å². The highest BCUT2D eigenvalue weighted by Crippen LogP contribution is 2.27. The molecule has 0 spiro atoms. The van der Waals surface area contributed by atoms with E-state index in [-0.39, 0.29) is 0 Å². The Morgan fingerprint density at radius 2 is 2.21 bits per heavy atom. The zero-order chi connectivity index (χ0) is 9.97. The van der Waals surface area contributed by atoms with Crippen molar-refractivity contribution < 1.29 is 4.42 Å². The first-order chi connectivity index (χ1) is 6.79. The van der Waals surface area contributed by atoms with Crippen LogP contribution in [0.5, 0.6) is 0 Å². The summed E-state index contributed by atoms with van der Waals surface area (Å²) in [6.45, 7) is 4.35. The minimum Gasteiger partial charge on any atom is -0.431 e. The number of aromatic nitrogens is 1. The van der Waals surface area contributed by atoms with Gasteiger partial charge in [0.05, 0.1) is 0 Å². The van der Waals surface area contributed by atoms with Gasteiger partial charge in [-0.2, -0.15) is 0 Å². The highest BCUT2D eigenvalue weighted by molar-refractivity contribution is 7.99. The van der Waals surface area contributed by atoms with Crippen molar-refractivity contribution in [2.24, 2.45) is 0 Å². The van der Waals surface area contributed by atoms with Gasteiger partial charge in [0.1, 0.15) is 5.52 Å². The highest BCUT2D eigenvalue weighted by Gasteiger charge is 2.08. The van der Waals surface area contributed by atoms with Crippen LogP contribution in [0, 0.1) is 0 Å². The summed E-state index contributed by atoms with van der Waals surface area (Å²) in [6.07, 6.45) is 1.13. The molecule has 0 fully saturated rings. The molecule has 14 heavy (non-hydrogen) atoms. The number of hydrogen-bond acceptors (Lipinski definition) is 3. The largest absolute Gasteiger partial charge is 0.431 e. The van der Waals surface area contributed by atoms with Crippen LogP contribution in [-0.4, -0.2) is 10.2 Å². The van der Waals surface area contributed by atoms with Gasteiger partial charge < -0.3 is 4.42 Å². The molecule has 0 bridgehead atoms. The molecular formula is C11H13NOS. The van der Waals surface area contributed by atoms with Gasteiger partial charge in [0.15, 0.2) is 5.58 Å². The van der Waals surface area contributed by atoms with E-state index >= 15 is 0 Å². The number of benzene rings is 1. The smallest absolute Gasteiger partial charge is 0.256 e. The Morgan fingerprint density at radius 1 is 1.43 bits per heavy atom. The van der Waals surface area contributed by atoms with Gasteiger partial charge >= 0.3 is 0 Å². The highest BCUT2D eigenvalue weighted by atomic mass is 32.2. The molecule has 1 atom stereocenters. The fraction of sp³-hybridized carbons (Fsp3) is 0.364. The van der Waals surface area contributed by atoms with Crippen LogP contribution in [0.1, 0.15) is 20.3 Å². The summed E-state index contributed by atoms with van der Waals surface area (Å²) < 4.78 is 5.59. The molecule has 3 heteroatoms. The van der Waals surface area contributed by atoms with E-state index in [0.717, 1.165) is 22.7 Å². The van der Waals surface area contributed by atoms with Gasteiger partial charge in [0, 0.05) is 5.25 Å². The Bertz CT molecular complexity index is 391. The van der Waals surface area contributed by atoms with Crippen LogP contribution in [-0.2, 0) is 0 Å². The number of fused-ring (bicyclic) bond motifs is 1. The van der Waals surface area contributed by atoms with E-state index in [1.54, 1.807) is 11.8 Å². The van der Waals surface area contributed by atoms with Gasteiger partial charge in [0.2, 0.25) is 0 Å². The Hall–Kier alpha value is -0.960. The van der Waals surface area contributed by atoms with E-state index in [4.69, 9.17) is 4.42 Å². The van der Waals surface area contributed by atoms with Gasteiger partial charge in [-0.25, -0.2) is 4.98 Å². The zero-order valence-corrected chi connectivity index (χ0v) is 9.17. The van der Waals surface area contributed by atoms with Crippen LogP contribution < -0.4 is 0 Å². The number of oxazole rings is 1. The van der Waals surface area contributed by atoms with E-state index in [2.05, 4.69) is 18.8 Å². The maximum absolute atomic E-state index is 5.59. The first kappa shape index (κ1) is 9.59. The summed E-state index contributed by atoms with van der Waals surface area (Å²) in [5.41, 5.74) is 1.82. The number of para-hydroxylation sites is 2. The van der Waals surface area contributed by atoms with Crippen LogP contribution in [0.2, 0.25) is 0 Å². The maximum Gasteiger partial charge on any atom is 0.256 e. The number of thioether (sulfide) groups is 1. The molecule has 1 unspecified atom stereocenters. The molecule has 0 saturated carbocycles. The summed E-state index contributed by atoms with van der Waals surface area (Å²) in [7, 11) is 0. The van der Waals surface area contributed by atoms with Crippen LogP contribution >= 0.6 is 11.8 Å². The Balaban J connectivity index is 2.27. The number of nitrogens with zero attached hydrogens (tertiary/aromatic N) is 1. The lowest BCUT2D eigenvalue weighted by Gasteiger charge is -2.01. The number of rotatable bonds is 3. The minimum absolute atomic E-state index is 0.558. The quantitative estimate of drug-likeness (QED) is 0.717. The van der Waals surface area contributed by atoms with Gasteiger partial charge in [0.25, 0.3) is 5.22 Å². The van der Waals surface area contributed by atoms with Gasteiger partial charge in [-0.1, -0.05) is 37.7 Å². The summed E-state index contributed by atoms with van der Waals surface area (Å²) >= 11 is 1.69. The van der Waals surface area contributed by atoms with E-state index in [1.807, 2.05) is 24.3 Å². The average molecular weight is 207 g/mol. The van der Waals surface area contributed by atoms with Gasteiger partial charge in [-0.05, 0) is 18.6 Å². The van der Waals surface area contributed by atoms with Crippen molar-refractivity contribution in [3.8, 4) is 0 Å². The SMILES string of the molecule is CCC(C)Sc1nc2ccccc2o1. The Kier molecular flexibility index (Phi) is 2.77. The van der Waals surface area contributed by atoms with E-state index in [0.29, 0.717) is 5.25 Å². The molecule has 0 radical (unpaired) electrons. The maximum atomic E-state index is 5.59. The van der Waals surface area contributed by atoms with Crippen LogP contribution in [0.15, 0.2) is 33.9 Å². The lowest BCUT2D eigenvalue weighted by Crippen LogP contribution is -1.91. The van der Waals surface area contributed by atoms with E-state index in [9.17, 15) is 0 Å². The third-order valence-corrected chi connectivity index (χ3v) is 3.26. The van der Waals surface area contributed by atoms with Crippen LogP contribution in [0.4, 0.5) is 0 Å². The fourth-order valence-electron chi connectivity index (χ4n) is 1.16. The van der Waals surface area contributed by atoms with Gasteiger partial charge in [-0.3, -0.25) is 0 Å². The predicted molar refractivity (Wildman–Crippen MR) is 59.6 cm³/mol. The summed E-state index contributed by atoms with van der Waals surface area (Å²) in [5.74, 6) is 0. The fourth-order valence-corrected chi connectivity index (χ4v) is 1.96. The molecule has 1 aromatic carbocycles. The normalized spacial score (nSPS) is 13.3. The average Bonchev–Trinajstić information content (AvgIpc) is 2.59. The first-order valence-electron chi connectivity index (χ1n) is 4.82. The molecule has 1 heterocycles. The van der Waals surface area contributed by atoms with E-state index in [1.165, 1.54) is 0 Å². The van der Waals surface area contributed by atoms with E-state index < -0.39 is 0 Å². The lowest BCUT2D eigenvalue weighted by atomic mass is 10.3. The van der Waals surface area contributed by atoms with Crippen molar-refractivity contribution in [2.75, 3.05) is 0 Å². The second-order valence-electron chi connectivity index (χ2n) is 3.28. The molecular weight excluding hydrogens is 194 g/mol. The second kappa shape index (κ2) is 4.05. The standard InChI is InChI=1S/C11H13NOS/c1-3-8(2)14-11-12-9-6-4-5-7-10(9)13-11/h4-8H,3H2,1-2H3. The Labute approximate surface area is 87.7 Å². The second-order valence-corrected chi connectivity index (χ2v) is 4.67. The molecule has 0 aliphatic heterocycles.